The van der Waals surface area contributed by atoms with Crippen LogP contribution in [-0.4, -0.2) is 17.1 Å². The van der Waals surface area contributed by atoms with Crippen LogP contribution in [-0.2, 0) is 0 Å². The van der Waals surface area contributed by atoms with Crippen LogP contribution < -0.4 is 15.8 Å². The van der Waals surface area contributed by atoms with Crippen molar-refractivity contribution in [1.82, 2.24) is 4.57 Å². The Morgan fingerprint density at radius 3 is 2.71 bits per heavy atom. The van der Waals surface area contributed by atoms with E-state index in [0.29, 0.717) is 24.0 Å². The maximum Gasteiger partial charge on any atom is 0.272 e. The molecule has 1 saturated carbocycles. The summed E-state index contributed by atoms with van der Waals surface area (Å²) in [7, 11) is 0. The van der Waals surface area contributed by atoms with E-state index in [4.69, 9.17) is 10.5 Å². The van der Waals surface area contributed by atoms with E-state index in [0.717, 1.165) is 24.3 Å². The van der Waals surface area contributed by atoms with Crippen molar-refractivity contribution in [2.24, 2.45) is 0 Å². The first-order valence-electron chi connectivity index (χ1n) is 7.19. The topological polar surface area (TPSA) is 69.3 Å². The van der Waals surface area contributed by atoms with Gasteiger partial charge in [-0.1, -0.05) is 0 Å². The van der Waals surface area contributed by atoms with Crippen molar-refractivity contribution in [3.05, 3.63) is 42.2 Å². The number of hydrogen-bond acceptors (Lipinski definition) is 3. The van der Waals surface area contributed by atoms with E-state index < -0.39 is 0 Å². The van der Waals surface area contributed by atoms with Crippen molar-refractivity contribution < 1.29 is 9.53 Å². The van der Waals surface area contributed by atoms with Gasteiger partial charge < -0.3 is 20.4 Å². The number of amides is 1. The number of benzene rings is 1. The van der Waals surface area contributed by atoms with Gasteiger partial charge in [-0.05, 0) is 50.1 Å². The Kier molecular flexibility index (Phi) is 3.56. The molecule has 0 atom stereocenters. The third kappa shape index (κ3) is 3.02. The fraction of sp³-hybridized carbons (Fsp3) is 0.312. The molecule has 0 bridgehead atoms. The summed E-state index contributed by atoms with van der Waals surface area (Å²) in [6, 6.07) is 9.49. The summed E-state index contributed by atoms with van der Waals surface area (Å²) in [5.74, 6) is 0.656. The number of nitrogens with zero attached hydrogens (tertiary/aromatic N) is 1. The molecular weight excluding hydrogens is 266 g/mol. The lowest BCUT2D eigenvalue weighted by Gasteiger charge is -2.09. The number of nitrogens with two attached hydrogens (primary N) is 1. The monoisotopic (exact) mass is 285 g/mol. The lowest BCUT2D eigenvalue weighted by atomic mass is 10.3. The highest BCUT2D eigenvalue weighted by molar-refractivity contribution is 6.03. The summed E-state index contributed by atoms with van der Waals surface area (Å²) in [5, 5.41) is 2.89. The highest BCUT2D eigenvalue weighted by Gasteiger charge is 2.27. The van der Waals surface area contributed by atoms with E-state index >= 15 is 0 Å². The molecule has 21 heavy (non-hydrogen) atoms. The van der Waals surface area contributed by atoms with Crippen molar-refractivity contribution >= 4 is 17.3 Å². The summed E-state index contributed by atoms with van der Waals surface area (Å²) < 4.78 is 7.35. The second-order valence-electron chi connectivity index (χ2n) is 5.21. The molecule has 1 aromatic carbocycles. The zero-order valence-corrected chi connectivity index (χ0v) is 12.0. The van der Waals surface area contributed by atoms with Gasteiger partial charge in [-0.25, -0.2) is 0 Å². The van der Waals surface area contributed by atoms with E-state index in [1.165, 1.54) is 0 Å². The minimum atomic E-state index is -0.136. The average molecular weight is 285 g/mol. The summed E-state index contributed by atoms with van der Waals surface area (Å²) >= 11 is 0. The van der Waals surface area contributed by atoms with E-state index in [2.05, 4.69) is 5.32 Å². The van der Waals surface area contributed by atoms with E-state index in [1.54, 1.807) is 6.07 Å². The second-order valence-corrected chi connectivity index (χ2v) is 5.21. The molecule has 0 aliphatic heterocycles. The number of nitrogens with one attached hydrogen (secondary N) is 1. The van der Waals surface area contributed by atoms with Gasteiger partial charge in [0.2, 0.25) is 0 Å². The number of anilines is 2. The van der Waals surface area contributed by atoms with Gasteiger partial charge in [0.25, 0.3) is 5.91 Å². The molecule has 5 nitrogen and oxygen atoms in total. The molecule has 0 spiro atoms. The highest BCUT2D eigenvalue weighted by atomic mass is 16.5. The molecule has 3 N–H and O–H groups in total. The Bertz CT molecular complexity index is 642. The molecule has 3 rings (SSSR count). The smallest absolute Gasteiger partial charge is 0.272 e. The summed E-state index contributed by atoms with van der Waals surface area (Å²) in [5.41, 5.74) is 7.79. The van der Waals surface area contributed by atoms with Crippen LogP contribution in [0.3, 0.4) is 0 Å². The Hall–Kier alpha value is -2.43. The third-order valence-electron chi connectivity index (χ3n) is 3.47. The molecule has 1 amide bonds. The number of ether oxygens (including phenoxy) is 1. The van der Waals surface area contributed by atoms with Gasteiger partial charge in [-0.15, -0.1) is 0 Å². The Morgan fingerprint density at radius 1 is 1.38 bits per heavy atom. The van der Waals surface area contributed by atoms with E-state index in [1.807, 2.05) is 42.0 Å². The molecule has 0 unspecified atom stereocenters. The van der Waals surface area contributed by atoms with Gasteiger partial charge >= 0.3 is 0 Å². The maximum atomic E-state index is 12.4. The van der Waals surface area contributed by atoms with Gasteiger partial charge in [0.1, 0.15) is 11.4 Å². The van der Waals surface area contributed by atoms with Gasteiger partial charge in [0.15, 0.2) is 0 Å². The Balaban J connectivity index is 1.73. The number of carbonyl (C=O) groups excluding carboxylic acids is 1. The third-order valence-corrected chi connectivity index (χ3v) is 3.47. The maximum absolute atomic E-state index is 12.4. The predicted molar refractivity (Wildman–Crippen MR) is 82.7 cm³/mol. The number of carbonyl (C=O) groups is 1. The molecule has 0 radical (unpaired) electrons. The summed E-state index contributed by atoms with van der Waals surface area (Å²) in [6.45, 7) is 2.56. The van der Waals surface area contributed by atoms with Crippen LogP contribution in [0.1, 0.15) is 36.3 Å². The largest absolute Gasteiger partial charge is 0.494 e. The van der Waals surface area contributed by atoms with E-state index in [9.17, 15) is 4.79 Å². The molecule has 1 fully saturated rings. The molecule has 110 valence electrons. The minimum Gasteiger partial charge on any atom is -0.494 e. The van der Waals surface area contributed by atoms with Crippen LogP contribution in [0.2, 0.25) is 0 Å². The molecular formula is C16H19N3O2. The summed E-state index contributed by atoms with van der Waals surface area (Å²) in [6.07, 6.45) is 4.06. The minimum absolute atomic E-state index is 0.136. The van der Waals surface area contributed by atoms with Gasteiger partial charge in [0.05, 0.1) is 12.3 Å². The van der Waals surface area contributed by atoms with Crippen LogP contribution in [0.25, 0.3) is 0 Å². The van der Waals surface area contributed by atoms with Gasteiger partial charge in [-0.2, -0.15) is 0 Å². The van der Waals surface area contributed by atoms with Crippen LogP contribution >= 0.6 is 0 Å². The van der Waals surface area contributed by atoms with E-state index in [-0.39, 0.29) is 5.91 Å². The van der Waals surface area contributed by atoms with Gasteiger partial charge in [-0.3, -0.25) is 4.79 Å². The van der Waals surface area contributed by atoms with Crippen molar-refractivity contribution in [2.75, 3.05) is 17.7 Å². The highest BCUT2D eigenvalue weighted by Crippen LogP contribution is 2.37. The molecule has 2 aromatic rings. The first-order valence-corrected chi connectivity index (χ1v) is 7.19. The lowest BCUT2D eigenvalue weighted by Crippen LogP contribution is -2.16. The number of rotatable bonds is 5. The van der Waals surface area contributed by atoms with Crippen LogP contribution in [0.15, 0.2) is 36.5 Å². The molecule has 1 aliphatic rings. The number of hydrogen-bond donors (Lipinski definition) is 2. The zero-order valence-electron chi connectivity index (χ0n) is 12.0. The van der Waals surface area contributed by atoms with Crippen molar-refractivity contribution in [3.63, 3.8) is 0 Å². The molecule has 1 heterocycles. The second kappa shape index (κ2) is 5.52. The molecule has 0 saturated heterocycles. The van der Waals surface area contributed by atoms with Crippen molar-refractivity contribution in [2.45, 2.75) is 25.8 Å². The number of nitrogen functional groups attached to an aromatic ring is 1. The van der Waals surface area contributed by atoms with Crippen LogP contribution in [0.5, 0.6) is 5.75 Å². The number of aromatic nitrogens is 1. The zero-order chi connectivity index (χ0) is 14.8. The van der Waals surface area contributed by atoms with Crippen molar-refractivity contribution in [3.8, 4) is 5.75 Å². The first kappa shape index (κ1) is 13.5. The Morgan fingerprint density at radius 2 is 2.10 bits per heavy atom. The average Bonchev–Trinajstić information content (AvgIpc) is 3.24. The predicted octanol–water partition coefficient (Wildman–Crippen LogP) is 3.06. The van der Waals surface area contributed by atoms with Crippen LogP contribution in [0, 0.1) is 0 Å². The quantitative estimate of drug-likeness (QED) is 0.887. The SMILES string of the molecule is CCOc1ccc(NC(=O)c2cc(N)cn2C2CC2)cc1. The van der Waals surface area contributed by atoms with Crippen LogP contribution in [0.4, 0.5) is 11.4 Å². The first-order chi connectivity index (χ1) is 10.2. The standard InChI is InChI=1S/C16H19N3O2/c1-2-21-14-7-3-12(4-8-14)18-16(20)15-9-11(17)10-19(15)13-5-6-13/h3-4,7-10,13H,2,5-6,17H2,1H3,(H,18,20). The normalized spacial score (nSPS) is 14.0. The lowest BCUT2D eigenvalue weighted by molar-refractivity contribution is 0.101. The Labute approximate surface area is 123 Å². The fourth-order valence-corrected chi connectivity index (χ4v) is 2.33. The van der Waals surface area contributed by atoms with Gasteiger partial charge in [0, 0.05) is 17.9 Å². The molecule has 1 aromatic heterocycles. The molecule has 5 heteroatoms. The fourth-order valence-electron chi connectivity index (χ4n) is 2.33. The summed E-state index contributed by atoms with van der Waals surface area (Å²) in [4.78, 5) is 12.4. The molecule has 1 aliphatic carbocycles. The van der Waals surface area contributed by atoms with Crippen molar-refractivity contribution in [1.29, 1.82) is 0 Å².